The number of amides is 2. The highest BCUT2D eigenvalue weighted by Crippen LogP contribution is 2.19. The Balaban J connectivity index is 2.74. The molecule has 1 unspecified atom stereocenters. The Morgan fingerprint density at radius 2 is 1.85 bits per heavy atom. The zero-order chi connectivity index (χ0) is 15.5. The van der Waals surface area contributed by atoms with E-state index in [0.717, 1.165) is 0 Å². The second-order valence-electron chi connectivity index (χ2n) is 6.02. The minimum Gasteiger partial charge on any atom is -0.478 e. The molecule has 0 heterocycles. The highest BCUT2D eigenvalue weighted by molar-refractivity contribution is 5.92. The van der Waals surface area contributed by atoms with Crippen molar-refractivity contribution in [3.05, 3.63) is 29.3 Å². The van der Waals surface area contributed by atoms with Crippen LogP contribution in [0.2, 0.25) is 0 Å². The van der Waals surface area contributed by atoms with E-state index < -0.39 is 5.97 Å². The van der Waals surface area contributed by atoms with Gasteiger partial charge in [0.25, 0.3) is 0 Å². The molecule has 1 aromatic carbocycles. The van der Waals surface area contributed by atoms with E-state index in [4.69, 9.17) is 5.11 Å². The monoisotopic (exact) mass is 278 g/mol. The van der Waals surface area contributed by atoms with Gasteiger partial charge in [0.1, 0.15) is 0 Å². The fourth-order valence-corrected chi connectivity index (χ4v) is 1.51. The number of hydrogen-bond donors (Lipinski definition) is 3. The normalized spacial score (nSPS) is 12.7. The molecule has 20 heavy (non-hydrogen) atoms. The number of anilines is 1. The van der Waals surface area contributed by atoms with Gasteiger partial charge in [-0.1, -0.05) is 20.8 Å². The number of hydrogen-bond acceptors (Lipinski definition) is 2. The molecule has 1 rings (SSSR count). The minimum atomic E-state index is -0.981. The topological polar surface area (TPSA) is 78.4 Å². The van der Waals surface area contributed by atoms with E-state index in [1.807, 2.05) is 27.7 Å². The maximum absolute atomic E-state index is 11.9. The lowest BCUT2D eigenvalue weighted by molar-refractivity contribution is 0.0697. The summed E-state index contributed by atoms with van der Waals surface area (Å²) in [4.78, 5) is 22.7. The number of rotatable bonds is 3. The van der Waals surface area contributed by atoms with Crippen molar-refractivity contribution in [3.63, 3.8) is 0 Å². The fourth-order valence-electron chi connectivity index (χ4n) is 1.51. The molecule has 0 radical (unpaired) electrons. The summed E-state index contributed by atoms with van der Waals surface area (Å²) in [5, 5.41) is 14.5. The minimum absolute atomic E-state index is 0.0149. The van der Waals surface area contributed by atoms with Crippen LogP contribution in [0, 0.1) is 12.3 Å². The predicted octanol–water partition coefficient (Wildman–Crippen LogP) is 3.25. The van der Waals surface area contributed by atoms with Crippen LogP contribution in [-0.2, 0) is 0 Å². The lowest BCUT2D eigenvalue weighted by Gasteiger charge is -2.28. The number of aromatic carboxylic acids is 1. The molecule has 3 N–H and O–H groups in total. The van der Waals surface area contributed by atoms with Gasteiger partial charge in [-0.25, -0.2) is 9.59 Å². The first-order valence-corrected chi connectivity index (χ1v) is 6.52. The molecule has 0 bridgehead atoms. The molecule has 0 saturated heterocycles. The first kappa shape index (κ1) is 16.0. The number of benzene rings is 1. The molecule has 0 aromatic heterocycles. The number of urea groups is 1. The van der Waals surface area contributed by atoms with Gasteiger partial charge in [0.05, 0.1) is 5.56 Å². The summed E-state index contributed by atoms with van der Waals surface area (Å²) < 4.78 is 0. The molecule has 0 fully saturated rings. The molecular formula is C15H22N2O3. The molecule has 1 atom stereocenters. The summed E-state index contributed by atoms with van der Waals surface area (Å²) in [6, 6.07) is 4.32. The Labute approximate surface area is 119 Å². The van der Waals surface area contributed by atoms with Gasteiger partial charge in [-0.05, 0) is 43.0 Å². The smallest absolute Gasteiger partial charge is 0.335 e. The number of carbonyl (C=O) groups is 2. The summed E-state index contributed by atoms with van der Waals surface area (Å²) in [6.45, 7) is 9.84. The van der Waals surface area contributed by atoms with Crippen LogP contribution in [0.25, 0.3) is 0 Å². The molecule has 0 aliphatic carbocycles. The number of carbonyl (C=O) groups excluding carboxylic acids is 1. The average Bonchev–Trinajstić information content (AvgIpc) is 2.30. The average molecular weight is 278 g/mol. The van der Waals surface area contributed by atoms with Crippen LogP contribution in [0.15, 0.2) is 18.2 Å². The third-order valence-electron chi connectivity index (χ3n) is 3.37. The van der Waals surface area contributed by atoms with Crippen LogP contribution in [0.1, 0.15) is 43.6 Å². The van der Waals surface area contributed by atoms with Gasteiger partial charge in [0.15, 0.2) is 0 Å². The molecule has 5 heteroatoms. The van der Waals surface area contributed by atoms with Gasteiger partial charge in [-0.2, -0.15) is 0 Å². The molecular weight excluding hydrogens is 256 g/mol. The summed E-state index contributed by atoms with van der Waals surface area (Å²) >= 11 is 0. The van der Waals surface area contributed by atoms with Gasteiger partial charge in [0, 0.05) is 11.7 Å². The first-order valence-electron chi connectivity index (χ1n) is 6.52. The number of aryl methyl sites for hydroxylation is 1. The summed E-state index contributed by atoms with van der Waals surface area (Å²) in [6.07, 6.45) is 0. The SMILES string of the molecule is Cc1cc(C(=O)O)ccc1NC(=O)NC(C)C(C)(C)C. The fraction of sp³-hybridized carbons (Fsp3) is 0.467. The summed E-state index contributed by atoms with van der Waals surface area (Å²) in [5.41, 5.74) is 1.49. The zero-order valence-electron chi connectivity index (χ0n) is 12.6. The Hall–Kier alpha value is -2.04. The second kappa shape index (κ2) is 5.94. The van der Waals surface area contributed by atoms with E-state index in [1.54, 1.807) is 13.0 Å². The molecule has 1 aromatic rings. The molecule has 2 amide bonds. The van der Waals surface area contributed by atoms with Gasteiger partial charge in [-0.3, -0.25) is 0 Å². The van der Waals surface area contributed by atoms with Crippen molar-refractivity contribution >= 4 is 17.7 Å². The van der Waals surface area contributed by atoms with Crippen LogP contribution in [0.5, 0.6) is 0 Å². The lowest BCUT2D eigenvalue weighted by atomic mass is 9.88. The molecule has 0 aliphatic rings. The standard InChI is InChI=1S/C15H22N2O3/c1-9-8-11(13(18)19)6-7-12(9)17-14(20)16-10(2)15(3,4)5/h6-8,10H,1-5H3,(H,18,19)(H2,16,17,20). The molecule has 0 aliphatic heterocycles. The van der Waals surface area contributed by atoms with Crippen molar-refractivity contribution in [2.75, 3.05) is 5.32 Å². The van der Waals surface area contributed by atoms with Crippen LogP contribution in [-0.4, -0.2) is 23.1 Å². The number of nitrogens with one attached hydrogen (secondary N) is 2. The largest absolute Gasteiger partial charge is 0.478 e. The molecule has 5 nitrogen and oxygen atoms in total. The molecule has 110 valence electrons. The van der Waals surface area contributed by atoms with Crippen molar-refractivity contribution in [2.45, 2.75) is 40.7 Å². The summed E-state index contributed by atoms with van der Waals surface area (Å²) in [7, 11) is 0. The van der Waals surface area contributed by atoms with Crippen molar-refractivity contribution in [3.8, 4) is 0 Å². The Bertz CT molecular complexity index is 518. The van der Waals surface area contributed by atoms with E-state index in [9.17, 15) is 9.59 Å². The van der Waals surface area contributed by atoms with E-state index in [-0.39, 0.29) is 23.1 Å². The van der Waals surface area contributed by atoms with Crippen LogP contribution in [0.4, 0.5) is 10.5 Å². The number of carboxylic acids is 1. The first-order chi connectivity index (χ1) is 9.11. The van der Waals surface area contributed by atoms with Gasteiger partial charge >= 0.3 is 12.0 Å². The van der Waals surface area contributed by atoms with E-state index >= 15 is 0 Å². The van der Waals surface area contributed by atoms with E-state index in [2.05, 4.69) is 10.6 Å². The third-order valence-corrected chi connectivity index (χ3v) is 3.37. The van der Waals surface area contributed by atoms with Crippen LogP contribution < -0.4 is 10.6 Å². The number of carboxylic acid groups (broad SMARTS) is 1. The third kappa shape index (κ3) is 4.26. The van der Waals surface area contributed by atoms with Gasteiger partial charge < -0.3 is 15.7 Å². The van der Waals surface area contributed by atoms with Crippen LogP contribution in [0.3, 0.4) is 0 Å². The van der Waals surface area contributed by atoms with Crippen molar-refractivity contribution in [2.24, 2.45) is 5.41 Å². The maximum Gasteiger partial charge on any atom is 0.335 e. The Morgan fingerprint density at radius 3 is 2.30 bits per heavy atom. The molecule has 0 spiro atoms. The highest BCUT2D eigenvalue weighted by Gasteiger charge is 2.21. The quantitative estimate of drug-likeness (QED) is 0.794. The highest BCUT2D eigenvalue weighted by atomic mass is 16.4. The Morgan fingerprint density at radius 1 is 1.25 bits per heavy atom. The molecule has 0 saturated carbocycles. The maximum atomic E-state index is 11.9. The van der Waals surface area contributed by atoms with Crippen LogP contribution >= 0.6 is 0 Å². The lowest BCUT2D eigenvalue weighted by Crippen LogP contribution is -2.43. The Kier molecular flexibility index (Phi) is 4.76. The van der Waals surface area contributed by atoms with E-state index in [1.165, 1.54) is 12.1 Å². The zero-order valence-corrected chi connectivity index (χ0v) is 12.6. The van der Waals surface area contributed by atoms with Gasteiger partial charge in [-0.15, -0.1) is 0 Å². The van der Waals surface area contributed by atoms with E-state index in [0.29, 0.717) is 11.3 Å². The van der Waals surface area contributed by atoms with Crippen molar-refractivity contribution in [1.82, 2.24) is 5.32 Å². The van der Waals surface area contributed by atoms with Crippen molar-refractivity contribution in [1.29, 1.82) is 0 Å². The van der Waals surface area contributed by atoms with Crippen molar-refractivity contribution < 1.29 is 14.7 Å². The summed E-state index contributed by atoms with van der Waals surface area (Å²) in [5.74, 6) is -0.981. The predicted molar refractivity (Wildman–Crippen MR) is 79.2 cm³/mol. The second-order valence-corrected chi connectivity index (χ2v) is 6.02. The van der Waals surface area contributed by atoms with Gasteiger partial charge in [0.2, 0.25) is 0 Å².